The minimum atomic E-state index is -1.04. The van der Waals surface area contributed by atoms with Crippen LogP contribution in [0.15, 0.2) is 11.6 Å². The first-order valence-electron chi connectivity index (χ1n) is 6.58. The number of aliphatic carboxylic acids is 1. The average Bonchev–Trinajstić information content (AvgIpc) is 2.98. The number of aromatic nitrogens is 4. The number of carboxylic acids is 1. The van der Waals surface area contributed by atoms with Crippen LogP contribution in [0.3, 0.4) is 0 Å². The van der Waals surface area contributed by atoms with Crippen molar-refractivity contribution in [2.45, 2.75) is 45.2 Å². The normalized spacial score (nSPS) is 13.3. The Morgan fingerprint density at radius 1 is 1.48 bits per heavy atom. The Balaban J connectivity index is 2.02. The van der Waals surface area contributed by atoms with E-state index in [0.29, 0.717) is 12.2 Å². The van der Waals surface area contributed by atoms with Crippen molar-refractivity contribution in [1.82, 2.24) is 20.0 Å². The van der Waals surface area contributed by atoms with Gasteiger partial charge in [0.1, 0.15) is 6.04 Å². The molecule has 0 aliphatic carbocycles. The number of hydrogen-bond donors (Lipinski definition) is 2. The fraction of sp³-hybridized carbons (Fsp3) is 0.538. The van der Waals surface area contributed by atoms with Gasteiger partial charge in [0.05, 0.1) is 22.9 Å². The highest BCUT2D eigenvalue weighted by atomic mass is 32.1. The maximum Gasteiger partial charge on any atom is 0.320 e. The Morgan fingerprint density at radius 2 is 2.19 bits per heavy atom. The van der Waals surface area contributed by atoms with Gasteiger partial charge in [-0.15, -0.1) is 16.4 Å². The van der Waals surface area contributed by atoms with Gasteiger partial charge >= 0.3 is 5.97 Å². The van der Waals surface area contributed by atoms with Gasteiger partial charge in [0.15, 0.2) is 0 Å². The zero-order chi connectivity index (χ0) is 15.6. The summed E-state index contributed by atoms with van der Waals surface area (Å²) in [6, 6.07) is -0.957. The van der Waals surface area contributed by atoms with Crippen molar-refractivity contribution in [3.8, 4) is 0 Å². The Morgan fingerprint density at radius 3 is 2.76 bits per heavy atom. The third kappa shape index (κ3) is 4.08. The Kier molecular flexibility index (Phi) is 4.38. The van der Waals surface area contributed by atoms with Gasteiger partial charge in [0.25, 0.3) is 0 Å². The summed E-state index contributed by atoms with van der Waals surface area (Å²) in [5.74, 6) is -1.04. The van der Waals surface area contributed by atoms with Crippen LogP contribution < -0.4 is 5.73 Å². The highest BCUT2D eigenvalue weighted by Crippen LogP contribution is 2.25. The zero-order valence-electron chi connectivity index (χ0n) is 12.3. The van der Waals surface area contributed by atoms with Crippen LogP contribution in [-0.2, 0) is 23.2 Å². The molecule has 1 atom stereocenters. The van der Waals surface area contributed by atoms with Gasteiger partial charge in [0.2, 0.25) is 0 Å². The molecule has 8 heteroatoms. The van der Waals surface area contributed by atoms with E-state index in [1.807, 2.05) is 5.38 Å². The van der Waals surface area contributed by atoms with E-state index in [0.717, 1.165) is 10.7 Å². The molecule has 21 heavy (non-hydrogen) atoms. The van der Waals surface area contributed by atoms with Crippen molar-refractivity contribution in [1.29, 1.82) is 0 Å². The number of hydrogen-bond acceptors (Lipinski definition) is 6. The SMILES string of the molecule is CC(C)(C)c1nc(Cn2cc(CC(N)C(=O)O)nn2)cs1. The second-order valence-electron chi connectivity index (χ2n) is 5.95. The lowest BCUT2D eigenvalue weighted by atomic mass is 9.98. The van der Waals surface area contributed by atoms with Crippen molar-refractivity contribution < 1.29 is 9.90 Å². The number of nitrogens with zero attached hydrogens (tertiary/aromatic N) is 4. The molecule has 0 fully saturated rings. The van der Waals surface area contributed by atoms with Crippen LogP contribution in [0.2, 0.25) is 0 Å². The standard InChI is InChI=1S/C13H19N5O2S/c1-13(2,3)12-15-9(7-21-12)6-18-5-8(16-17-18)4-10(14)11(19)20/h5,7,10H,4,6,14H2,1-3H3,(H,19,20). The molecule has 0 amide bonds. The summed E-state index contributed by atoms with van der Waals surface area (Å²) in [6.45, 7) is 6.88. The van der Waals surface area contributed by atoms with Crippen LogP contribution in [0.4, 0.5) is 0 Å². The second-order valence-corrected chi connectivity index (χ2v) is 6.81. The van der Waals surface area contributed by atoms with Gasteiger partial charge < -0.3 is 10.8 Å². The van der Waals surface area contributed by atoms with Gasteiger partial charge in [0, 0.05) is 23.4 Å². The molecule has 114 valence electrons. The largest absolute Gasteiger partial charge is 0.480 e. The molecule has 3 N–H and O–H groups in total. The number of nitrogens with two attached hydrogens (primary N) is 1. The minimum Gasteiger partial charge on any atom is -0.480 e. The molecule has 1 unspecified atom stereocenters. The molecule has 0 saturated heterocycles. The van der Waals surface area contributed by atoms with Gasteiger partial charge in [-0.05, 0) is 0 Å². The summed E-state index contributed by atoms with van der Waals surface area (Å²) in [5.41, 5.74) is 6.99. The Labute approximate surface area is 126 Å². The molecule has 2 rings (SSSR count). The number of carboxylic acid groups (broad SMARTS) is 1. The highest BCUT2D eigenvalue weighted by Gasteiger charge is 2.18. The highest BCUT2D eigenvalue weighted by molar-refractivity contribution is 7.09. The van der Waals surface area contributed by atoms with E-state index < -0.39 is 12.0 Å². The van der Waals surface area contributed by atoms with Gasteiger partial charge in [-0.3, -0.25) is 4.79 Å². The third-order valence-corrected chi connectivity index (χ3v) is 4.17. The maximum absolute atomic E-state index is 10.7. The van der Waals surface area contributed by atoms with E-state index in [4.69, 9.17) is 10.8 Å². The summed E-state index contributed by atoms with van der Waals surface area (Å²) in [6.07, 6.45) is 1.87. The van der Waals surface area contributed by atoms with Crippen LogP contribution in [0.1, 0.15) is 37.2 Å². The lowest BCUT2D eigenvalue weighted by molar-refractivity contribution is -0.138. The number of carbonyl (C=O) groups is 1. The Hall–Kier alpha value is -1.80. The zero-order valence-corrected chi connectivity index (χ0v) is 13.1. The predicted octanol–water partition coefficient (Wildman–Crippen LogP) is 1.03. The van der Waals surface area contributed by atoms with E-state index in [1.54, 1.807) is 22.2 Å². The van der Waals surface area contributed by atoms with Gasteiger partial charge in [-0.1, -0.05) is 26.0 Å². The van der Waals surface area contributed by atoms with Crippen LogP contribution in [0, 0.1) is 0 Å². The third-order valence-electron chi connectivity index (χ3n) is 2.85. The summed E-state index contributed by atoms with van der Waals surface area (Å²) >= 11 is 1.63. The van der Waals surface area contributed by atoms with Crippen molar-refractivity contribution in [2.75, 3.05) is 0 Å². The molecule has 2 heterocycles. The maximum atomic E-state index is 10.7. The molecule has 0 aliphatic rings. The van der Waals surface area contributed by atoms with Gasteiger partial charge in [-0.25, -0.2) is 9.67 Å². The minimum absolute atomic E-state index is 0.0324. The summed E-state index contributed by atoms with van der Waals surface area (Å²) in [7, 11) is 0. The van der Waals surface area contributed by atoms with Gasteiger partial charge in [-0.2, -0.15) is 0 Å². The molecule has 2 aromatic rings. The fourth-order valence-corrected chi connectivity index (χ4v) is 2.61. The number of rotatable bonds is 5. The topological polar surface area (TPSA) is 107 Å². The van der Waals surface area contributed by atoms with Crippen LogP contribution >= 0.6 is 11.3 Å². The first-order valence-corrected chi connectivity index (χ1v) is 7.46. The van der Waals surface area contributed by atoms with Crippen LogP contribution in [0.25, 0.3) is 0 Å². The van der Waals surface area contributed by atoms with Crippen molar-refractivity contribution in [3.63, 3.8) is 0 Å². The van der Waals surface area contributed by atoms with Crippen LogP contribution in [0.5, 0.6) is 0 Å². The van der Waals surface area contributed by atoms with E-state index in [-0.39, 0.29) is 11.8 Å². The second kappa shape index (κ2) is 5.90. The predicted molar refractivity (Wildman–Crippen MR) is 79.3 cm³/mol. The summed E-state index contributed by atoms with van der Waals surface area (Å²) in [5, 5.41) is 19.8. The van der Waals surface area contributed by atoms with E-state index in [2.05, 4.69) is 36.1 Å². The molecular weight excluding hydrogens is 290 g/mol. The first-order chi connectivity index (χ1) is 9.75. The molecule has 0 saturated carbocycles. The van der Waals surface area contributed by atoms with Crippen molar-refractivity contribution in [2.24, 2.45) is 5.73 Å². The molecule has 0 bridgehead atoms. The summed E-state index contributed by atoms with van der Waals surface area (Å²) < 4.78 is 1.64. The monoisotopic (exact) mass is 309 g/mol. The quantitative estimate of drug-likeness (QED) is 0.854. The number of thiazole rings is 1. The molecule has 0 aliphatic heterocycles. The molecular formula is C13H19N5O2S. The van der Waals surface area contributed by atoms with E-state index in [9.17, 15) is 4.79 Å². The van der Waals surface area contributed by atoms with Crippen molar-refractivity contribution >= 4 is 17.3 Å². The molecule has 0 spiro atoms. The van der Waals surface area contributed by atoms with Crippen molar-refractivity contribution in [3.05, 3.63) is 28.0 Å². The molecule has 0 aromatic carbocycles. The lowest BCUT2D eigenvalue weighted by Gasteiger charge is -2.13. The molecule has 7 nitrogen and oxygen atoms in total. The molecule has 0 radical (unpaired) electrons. The van der Waals surface area contributed by atoms with E-state index in [1.165, 1.54) is 0 Å². The fourth-order valence-electron chi connectivity index (χ4n) is 1.71. The van der Waals surface area contributed by atoms with E-state index >= 15 is 0 Å². The lowest BCUT2D eigenvalue weighted by Crippen LogP contribution is -2.32. The molecule has 2 aromatic heterocycles. The average molecular weight is 309 g/mol. The Bertz CT molecular complexity index is 629. The first kappa shape index (κ1) is 15.6. The summed E-state index contributed by atoms with van der Waals surface area (Å²) in [4.78, 5) is 15.3. The van der Waals surface area contributed by atoms with Crippen LogP contribution in [-0.4, -0.2) is 37.1 Å². The smallest absolute Gasteiger partial charge is 0.320 e.